The van der Waals surface area contributed by atoms with Gasteiger partial charge in [-0.05, 0) is 26.3 Å². The lowest BCUT2D eigenvalue weighted by Gasteiger charge is -2.50. The van der Waals surface area contributed by atoms with Gasteiger partial charge in [0.1, 0.15) is 0 Å². The lowest BCUT2D eigenvalue weighted by molar-refractivity contribution is -0.00221. The van der Waals surface area contributed by atoms with Crippen LogP contribution in [0.5, 0.6) is 0 Å². The maximum absolute atomic E-state index is 2.53. The van der Waals surface area contributed by atoms with Crippen LogP contribution in [0.1, 0.15) is 25.7 Å². The molecule has 0 aromatic rings. The molecule has 3 fully saturated rings. The number of rotatable bonds is 0. The molecular weight excluding hydrogens is 98.1 g/mol. The molecule has 0 aromatic carbocycles. The molecule has 2 saturated heterocycles. The zero-order chi connectivity index (χ0) is 5.56. The molecule has 46 valence electrons. The second-order valence-corrected chi connectivity index (χ2v) is 3.14. The Bertz CT molecular complexity index is 86.6. The highest BCUT2D eigenvalue weighted by Crippen LogP contribution is 2.35. The molecule has 2 aliphatic heterocycles. The van der Waals surface area contributed by atoms with Gasteiger partial charge in [-0.25, -0.2) is 0 Å². The summed E-state index contributed by atoms with van der Waals surface area (Å²) in [5.74, 6) is 0. The van der Waals surface area contributed by atoms with E-state index in [1.54, 1.807) is 0 Å². The fourth-order valence-corrected chi connectivity index (χ4v) is 2.04. The maximum Gasteiger partial charge on any atom is 0.0110 e. The Morgan fingerprint density at radius 3 is 2.12 bits per heavy atom. The first-order valence-corrected chi connectivity index (χ1v) is 3.60. The van der Waals surface area contributed by atoms with Crippen LogP contribution in [-0.2, 0) is 0 Å². The second-order valence-electron chi connectivity index (χ2n) is 3.14. The van der Waals surface area contributed by atoms with E-state index in [9.17, 15) is 0 Å². The van der Waals surface area contributed by atoms with Crippen LogP contribution >= 0.6 is 0 Å². The van der Waals surface area contributed by atoms with Gasteiger partial charge in [0.2, 0.25) is 0 Å². The Labute approximate surface area is 50.7 Å². The summed E-state index contributed by atoms with van der Waals surface area (Å²) in [7, 11) is 2.26. The van der Waals surface area contributed by atoms with Crippen LogP contribution in [0.2, 0.25) is 0 Å². The van der Waals surface area contributed by atoms with Crippen molar-refractivity contribution >= 4 is 0 Å². The standard InChI is InChI=1S/C7H13N/c1-8-6-3-2-4-7(8)5-6/h6-7H,2-5H2,1H3/t6-,7?/m1/s1. The summed E-state index contributed by atoms with van der Waals surface area (Å²) in [6, 6.07) is 1.96. The molecule has 2 atom stereocenters. The maximum atomic E-state index is 2.53. The third-order valence-electron chi connectivity index (χ3n) is 2.77. The van der Waals surface area contributed by atoms with Gasteiger partial charge in [0.15, 0.2) is 0 Å². The molecule has 1 saturated carbocycles. The highest BCUT2D eigenvalue weighted by molar-refractivity contribution is 4.94. The zero-order valence-electron chi connectivity index (χ0n) is 5.43. The summed E-state index contributed by atoms with van der Waals surface area (Å²) < 4.78 is 0. The molecule has 2 bridgehead atoms. The minimum absolute atomic E-state index is 0.980. The van der Waals surface area contributed by atoms with Crippen molar-refractivity contribution in [2.75, 3.05) is 7.05 Å². The van der Waals surface area contributed by atoms with Crippen LogP contribution in [0.4, 0.5) is 0 Å². The normalized spacial score (nSPS) is 46.1. The van der Waals surface area contributed by atoms with Crippen molar-refractivity contribution in [1.29, 1.82) is 0 Å². The van der Waals surface area contributed by atoms with Gasteiger partial charge in [0, 0.05) is 12.1 Å². The van der Waals surface area contributed by atoms with Crippen LogP contribution in [0.15, 0.2) is 0 Å². The van der Waals surface area contributed by atoms with Crippen LogP contribution in [0.3, 0.4) is 0 Å². The minimum Gasteiger partial charge on any atom is -0.300 e. The smallest absolute Gasteiger partial charge is 0.0110 e. The highest BCUT2D eigenvalue weighted by Gasteiger charge is 2.37. The summed E-state index contributed by atoms with van der Waals surface area (Å²) in [5.41, 5.74) is 0. The lowest BCUT2D eigenvalue weighted by Crippen LogP contribution is -2.56. The quantitative estimate of drug-likeness (QED) is 0.454. The Morgan fingerprint density at radius 1 is 1.25 bits per heavy atom. The topological polar surface area (TPSA) is 3.24 Å². The minimum atomic E-state index is 0.980. The van der Waals surface area contributed by atoms with E-state index in [4.69, 9.17) is 0 Å². The average molecular weight is 111 g/mol. The van der Waals surface area contributed by atoms with E-state index in [1.165, 1.54) is 25.7 Å². The number of piperidine rings is 1. The van der Waals surface area contributed by atoms with E-state index in [0.29, 0.717) is 0 Å². The van der Waals surface area contributed by atoms with Gasteiger partial charge in [-0.2, -0.15) is 0 Å². The molecule has 2 heterocycles. The van der Waals surface area contributed by atoms with E-state index >= 15 is 0 Å². The Balaban J connectivity index is 2.03. The van der Waals surface area contributed by atoms with Crippen molar-refractivity contribution in [3.05, 3.63) is 0 Å². The fraction of sp³-hybridized carbons (Fsp3) is 1.00. The first-order chi connectivity index (χ1) is 3.88. The number of nitrogens with zero attached hydrogens (tertiary/aromatic N) is 1. The van der Waals surface area contributed by atoms with Gasteiger partial charge < -0.3 is 4.90 Å². The van der Waals surface area contributed by atoms with Crippen LogP contribution < -0.4 is 0 Å². The van der Waals surface area contributed by atoms with Crippen molar-refractivity contribution in [2.24, 2.45) is 0 Å². The number of fused-ring (bicyclic) bond motifs is 2. The molecule has 1 heteroatoms. The predicted octanol–water partition coefficient (Wildman–Crippen LogP) is 1.24. The molecular formula is C7H13N. The lowest BCUT2D eigenvalue weighted by atomic mass is 9.80. The molecule has 1 unspecified atom stereocenters. The van der Waals surface area contributed by atoms with Crippen molar-refractivity contribution in [3.8, 4) is 0 Å². The summed E-state index contributed by atoms with van der Waals surface area (Å²) >= 11 is 0. The molecule has 3 aliphatic rings. The third-order valence-corrected chi connectivity index (χ3v) is 2.77. The van der Waals surface area contributed by atoms with Gasteiger partial charge >= 0.3 is 0 Å². The summed E-state index contributed by atoms with van der Waals surface area (Å²) in [5, 5.41) is 0. The van der Waals surface area contributed by atoms with Gasteiger partial charge in [0.05, 0.1) is 0 Å². The molecule has 3 rings (SSSR count). The van der Waals surface area contributed by atoms with E-state index < -0.39 is 0 Å². The van der Waals surface area contributed by atoms with E-state index in [-0.39, 0.29) is 0 Å². The SMILES string of the molecule is CN1C2CCC[C@@H]1C2. The number of hydrogen-bond donors (Lipinski definition) is 0. The Hall–Kier alpha value is -0.0400. The highest BCUT2D eigenvalue weighted by atomic mass is 15.2. The molecule has 0 spiro atoms. The zero-order valence-corrected chi connectivity index (χ0v) is 5.43. The molecule has 1 nitrogen and oxygen atoms in total. The van der Waals surface area contributed by atoms with Crippen molar-refractivity contribution in [1.82, 2.24) is 4.90 Å². The Morgan fingerprint density at radius 2 is 1.88 bits per heavy atom. The monoisotopic (exact) mass is 111 g/mol. The Kier molecular flexibility index (Phi) is 0.884. The van der Waals surface area contributed by atoms with Crippen LogP contribution in [0, 0.1) is 0 Å². The molecule has 0 amide bonds. The average Bonchev–Trinajstić information content (AvgIpc) is 1.89. The molecule has 0 radical (unpaired) electrons. The van der Waals surface area contributed by atoms with E-state index in [1.807, 2.05) is 0 Å². The van der Waals surface area contributed by atoms with Gasteiger partial charge in [0.25, 0.3) is 0 Å². The van der Waals surface area contributed by atoms with Gasteiger partial charge in [-0.15, -0.1) is 0 Å². The number of hydrogen-bond acceptors (Lipinski definition) is 1. The summed E-state index contributed by atoms with van der Waals surface area (Å²) in [4.78, 5) is 2.53. The van der Waals surface area contributed by atoms with Crippen LogP contribution in [-0.4, -0.2) is 24.0 Å². The molecule has 1 aliphatic carbocycles. The van der Waals surface area contributed by atoms with Crippen LogP contribution in [0.25, 0.3) is 0 Å². The van der Waals surface area contributed by atoms with Crippen molar-refractivity contribution in [2.45, 2.75) is 37.8 Å². The van der Waals surface area contributed by atoms with Crippen molar-refractivity contribution in [3.63, 3.8) is 0 Å². The van der Waals surface area contributed by atoms with E-state index in [0.717, 1.165) is 12.1 Å². The molecule has 0 aromatic heterocycles. The first-order valence-electron chi connectivity index (χ1n) is 3.60. The molecule has 0 N–H and O–H groups in total. The summed E-state index contributed by atoms with van der Waals surface area (Å²) in [6.07, 6.45) is 5.91. The fourth-order valence-electron chi connectivity index (χ4n) is 2.04. The predicted molar refractivity (Wildman–Crippen MR) is 33.8 cm³/mol. The van der Waals surface area contributed by atoms with Gasteiger partial charge in [-0.3, -0.25) is 0 Å². The summed E-state index contributed by atoms with van der Waals surface area (Å²) in [6.45, 7) is 0. The third kappa shape index (κ3) is 0.455. The van der Waals surface area contributed by atoms with Crippen molar-refractivity contribution < 1.29 is 0 Å². The van der Waals surface area contributed by atoms with Gasteiger partial charge in [-0.1, -0.05) is 6.42 Å². The first kappa shape index (κ1) is 4.80. The second kappa shape index (κ2) is 1.47. The largest absolute Gasteiger partial charge is 0.300 e. The molecule has 8 heavy (non-hydrogen) atoms. The van der Waals surface area contributed by atoms with E-state index in [2.05, 4.69) is 11.9 Å².